The number of aliphatic hydroxyl groups excluding tert-OH is 3. The van der Waals surface area contributed by atoms with E-state index in [1.807, 2.05) is 172 Å². The zero-order chi connectivity index (χ0) is 92.2. The van der Waals surface area contributed by atoms with Crippen LogP contribution in [0.5, 0.6) is 0 Å². The van der Waals surface area contributed by atoms with Crippen LogP contribution in [0.15, 0.2) is 115 Å². The molecule has 5 aliphatic heterocycles. The van der Waals surface area contributed by atoms with E-state index in [0.717, 1.165) is 124 Å². The molecule has 34 heteroatoms. The lowest BCUT2D eigenvalue weighted by Crippen LogP contribution is -2.54. The van der Waals surface area contributed by atoms with Crippen molar-refractivity contribution in [2.24, 2.45) is 33.8 Å². The molecular formula is C91H127ClN14O16S3. The standard InChI is InChI=1S/C33H47N5O6S.C26H33N3O4S.C22H30N4O3S.C7H14N2O2.C3H3ClO/c1-22-30(45-21-35-22)24-7-5-23(6-8-24)19-34-31(43)28-18-26(40)20-38(28)32(44)27(33(2,3)4)17-25(39)9-11-36-13-15-37(16-14-36)12-10-29(41)42;1-6-19(30)11-21(26(3,4)5)25(33)29-14-20(31)12-22(29)24(32)27-13-17-7-9-18(10-8-17)23-16(2)28-15-34-23;1-13-18(30-12-25-13)15-7-5-14(6-8-15)10-24-20(28)17-9-16(27)11-26(17)21(29)19(23)22(2,3)4;10-7(11)1-4-9-5-2-8-3-6-9;1-2-3(4)5/h5-8,21,26-28,40H,9-20H2,1-4H3,(H,34,43)(H,41,42);6-10,15,20-22,31H,1,11-14H2,2-5H3,(H,27,32);5-8,12,16-17,19,27H,9-11,23H2,1-4H3,(H,24,28);8H,1-6H2,(H,10,11);2H,1H2/t26-,27-,28+;20-,21-,22+;16-,17+,19-;;/m111../s1. The highest BCUT2D eigenvalue weighted by Crippen LogP contribution is 2.37. The predicted octanol–water partition coefficient (Wildman–Crippen LogP) is 8.68. The number of aromatic nitrogens is 3. The number of benzene rings is 3. The number of rotatable bonds is 30. The molecule has 125 heavy (non-hydrogen) atoms. The summed E-state index contributed by atoms with van der Waals surface area (Å²) < 4.78 is 0. The second-order valence-electron chi connectivity index (χ2n) is 35.4. The largest absolute Gasteiger partial charge is 0.481 e. The van der Waals surface area contributed by atoms with Crippen molar-refractivity contribution in [3.63, 3.8) is 0 Å². The van der Waals surface area contributed by atoms with Crippen LogP contribution in [0.4, 0.5) is 0 Å². The third-order valence-corrected chi connectivity index (χ3v) is 25.7. The number of aryl methyl sites for hydroxylation is 3. The van der Waals surface area contributed by atoms with Gasteiger partial charge in [-0.3, -0.25) is 52.7 Å². The number of likely N-dealkylation sites (tertiary alicyclic amines) is 3. The van der Waals surface area contributed by atoms with Gasteiger partial charge >= 0.3 is 11.9 Å². The minimum absolute atomic E-state index is 0.00528. The fourth-order valence-electron chi connectivity index (χ4n) is 15.0. The molecule has 3 aromatic carbocycles. The minimum Gasteiger partial charge on any atom is -0.481 e. The molecule has 5 saturated heterocycles. The topological polar surface area (TPSA) is 421 Å². The number of carboxylic acids is 2. The molecule has 11 N–H and O–H groups in total. The van der Waals surface area contributed by atoms with Crippen LogP contribution in [0.25, 0.3) is 31.3 Å². The molecule has 0 aliphatic carbocycles. The van der Waals surface area contributed by atoms with Gasteiger partial charge < -0.3 is 81.9 Å². The van der Waals surface area contributed by atoms with Crippen molar-refractivity contribution in [2.45, 2.75) is 197 Å². The number of nitrogens with two attached hydrogens (primary N) is 1. The van der Waals surface area contributed by atoms with Crippen molar-refractivity contribution in [2.75, 3.05) is 91.6 Å². The van der Waals surface area contributed by atoms with E-state index in [1.165, 1.54) is 20.8 Å². The Labute approximate surface area is 750 Å². The number of carbonyl (C=O) groups is 11. The lowest BCUT2D eigenvalue weighted by Gasteiger charge is -2.35. The summed E-state index contributed by atoms with van der Waals surface area (Å²) in [6, 6.07) is 20.8. The number of aliphatic hydroxyl groups is 3. The maximum atomic E-state index is 13.9. The average molecular weight is 1800 g/mol. The Morgan fingerprint density at radius 1 is 0.480 bits per heavy atom. The van der Waals surface area contributed by atoms with Gasteiger partial charge in [0.15, 0.2) is 5.78 Å². The molecule has 11 rings (SSSR count). The van der Waals surface area contributed by atoms with Gasteiger partial charge in [-0.05, 0) is 94.1 Å². The molecule has 0 saturated carbocycles. The number of ketones is 2. The van der Waals surface area contributed by atoms with Gasteiger partial charge in [0, 0.05) is 156 Å². The van der Waals surface area contributed by atoms with Crippen LogP contribution in [-0.2, 0) is 72.4 Å². The molecular weight excluding hydrogens is 1680 g/mol. The molecule has 0 unspecified atom stereocenters. The highest BCUT2D eigenvalue weighted by atomic mass is 35.5. The Kier molecular flexibility index (Phi) is 40.0. The van der Waals surface area contributed by atoms with Crippen LogP contribution >= 0.6 is 45.6 Å². The average Bonchev–Trinajstić information content (AvgIpc) is 1.69. The third kappa shape index (κ3) is 32.2. The molecule has 6 amide bonds. The zero-order valence-corrected chi connectivity index (χ0v) is 77.2. The summed E-state index contributed by atoms with van der Waals surface area (Å²) >= 11 is 9.47. The maximum absolute atomic E-state index is 13.9. The smallest absolute Gasteiger partial charge is 0.304 e. The van der Waals surface area contributed by atoms with Crippen molar-refractivity contribution >= 4 is 110 Å². The fraction of sp³-hybridized carbons (Fsp3) is 0.538. The van der Waals surface area contributed by atoms with E-state index in [9.17, 15) is 68.1 Å². The number of amides is 6. The number of β-amino-alcohol motifs (C(OH)–C–C–N with tert-alkyl or cyclic N) is 3. The minimum atomic E-state index is -0.808. The molecule has 30 nitrogen and oxygen atoms in total. The van der Waals surface area contributed by atoms with E-state index < -0.39 is 87.7 Å². The first kappa shape index (κ1) is 103. The molecule has 5 fully saturated rings. The SMILES string of the molecule is C=CC(=O)C[C@H](C(=O)N1C[C@H](O)C[C@H]1C(=O)NCc1ccc(-c2scnc2C)cc1)C(C)(C)C.C=CC(=O)Cl.Cc1ncsc1-c1ccc(CNC(=O)[C@@H]2C[C@@H](O)CN2C(=O)[C@@H](CC(=O)CCN2CCN(CCC(=O)O)CC2)C(C)(C)C)cc1.Cc1ncsc1-c1ccc(CNC(=O)[C@@H]2C[C@@H](O)CN2C(=O)[C@@H](N)C(C)(C)C)cc1.O=C(O)CCN1CCNCC1. The predicted molar refractivity (Wildman–Crippen MR) is 486 cm³/mol. The number of nitrogens with zero attached hydrogens (tertiary/aromatic N) is 9. The number of carboxylic acid groups (broad SMARTS) is 2. The van der Waals surface area contributed by atoms with Gasteiger partial charge in [-0.15, -0.1) is 34.0 Å². The van der Waals surface area contributed by atoms with Gasteiger partial charge in [-0.2, -0.15) is 0 Å². The fourth-order valence-corrected chi connectivity index (χ4v) is 17.4. The van der Waals surface area contributed by atoms with E-state index in [0.29, 0.717) is 45.7 Å². The zero-order valence-electron chi connectivity index (χ0n) is 74.0. The number of hydrogen-bond donors (Lipinski definition) is 10. The lowest BCUT2D eigenvalue weighted by molar-refractivity contribution is -0.146. The summed E-state index contributed by atoms with van der Waals surface area (Å²) in [5, 5.41) is 59.6. The second-order valence-corrected chi connectivity index (χ2v) is 38.3. The second kappa shape index (κ2) is 48.6. The number of hydrogen-bond acceptors (Lipinski definition) is 25. The molecule has 8 heterocycles. The van der Waals surface area contributed by atoms with Gasteiger partial charge in [-0.25, -0.2) is 15.0 Å². The maximum Gasteiger partial charge on any atom is 0.304 e. The Bertz CT molecular complexity index is 4600. The van der Waals surface area contributed by atoms with Crippen molar-refractivity contribution in [1.29, 1.82) is 0 Å². The van der Waals surface area contributed by atoms with Crippen molar-refractivity contribution in [1.82, 2.24) is 65.6 Å². The number of carbonyl (C=O) groups excluding carboxylic acids is 9. The summed E-state index contributed by atoms with van der Waals surface area (Å²) in [5.74, 6) is -4.73. The van der Waals surface area contributed by atoms with Crippen LogP contribution in [0.3, 0.4) is 0 Å². The van der Waals surface area contributed by atoms with E-state index >= 15 is 0 Å². The number of halogens is 1. The Hall–Kier alpha value is -9.23. The monoisotopic (exact) mass is 1800 g/mol. The van der Waals surface area contributed by atoms with E-state index in [2.05, 4.69) is 64.1 Å². The van der Waals surface area contributed by atoms with E-state index in [4.69, 9.17) is 27.5 Å². The first-order chi connectivity index (χ1) is 59.0. The van der Waals surface area contributed by atoms with Gasteiger partial charge in [0.2, 0.25) is 40.7 Å². The van der Waals surface area contributed by atoms with Crippen LogP contribution in [0.1, 0.15) is 147 Å². The lowest BCUT2D eigenvalue weighted by atomic mass is 9.76. The van der Waals surface area contributed by atoms with Crippen LogP contribution < -0.4 is 27.0 Å². The number of nitrogens with one attached hydrogen (secondary N) is 4. The first-order valence-electron chi connectivity index (χ1n) is 42.3. The number of Topliss-reactive ketones (excluding diaryl/α,β-unsaturated/α-hetero) is 1. The van der Waals surface area contributed by atoms with Gasteiger partial charge in [-0.1, -0.05) is 148 Å². The molecule has 0 radical (unpaired) electrons. The third-order valence-electron chi connectivity index (χ3n) is 22.7. The van der Waals surface area contributed by atoms with E-state index in [-0.39, 0.29) is 112 Å². The molecule has 9 atom stereocenters. The quantitative estimate of drug-likeness (QED) is 0.0149. The highest BCUT2D eigenvalue weighted by Gasteiger charge is 2.47. The highest BCUT2D eigenvalue weighted by molar-refractivity contribution is 7.14. The number of piperazine rings is 2. The summed E-state index contributed by atoms with van der Waals surface area (Å²) in [7, 11) is 0. The Morgan fingerprint density at radius 2 is 0.784 bits per heavy atom. The molecule has 3 aromatic heterocycles. The van der Waals surface area contributed by atoms with Crippen molar-refractivity contribution < 1.29 is 78.3 Å². The molecule has 0 bridgehead atoms. The number of allylic oxidation sites excluding steroid dienone is 2. The van der Waals surface area contributed by atoms with Crippen molar-refractivity contribution in [3.05, 3.63) is 148 Å². The van der Waals surface area contributed by atoms with Gasteiger partial charge in [0.05, 0.1) is 91.4 Å². The van der Waals surface area contributed by atoms with E-state index in [1.54, 1.807) is 34.0 Å². The first-order valence-corrected chi connectivity index (χ1v) is 45.3. The number of aliphatic carboxylic acids is 2. The summed E-state index contributed by atoms with van der Waals surface area (Å²) in [5.41, 5.74) is 19.1. The van der Waals surface area contributed by atoms with Crippen molar-refractivity contribution in [3.8, 4) is 31.3 Å². The Morgan fingerprint density at radius 3 is 1.06 bits per heavy atom. The summed E-state index contributed by atoms with van der Waals surface area (Å²) in [4.78, 5) is 162. The Balaban J connectivity index is 0.000000239. The molecule has 6 aromatic rings. The molecule has 0 spiro atoms. The van der Waals surface area contributed by atoms with Crippen LogP contribution in [0, 0.1) is 48.9 Å². The van der Waals surface area contributed by atoms with Gasteiger partial charge in [0.25, 0.3) is 0 Å². The van der Waals surface area contributed by atoms with Crippen LogP contribution in [-0.4, -0.2) is 268 Å². The normalized spacial score (nSPS) is 19.4. The van der Waals surface area contributed by atoms with Crippen LogP contribution in [0.2, 0.25) is 0 Å². The summed E-state index contributed by atoms with van der Waals surface area (Å²) in [6.45, 7) is 39.7. The number of thiazole rings is 3. The van der Waals surface area contributed by atoms with Gasteiger partial charge in [0.1, 0.15) is 23.9 Å². The molecule has 5 aliphatic rings. The summed E-state index contributed by atoms with van der Waals surface area (Å²) in [6.07, 6.45) is 1.32. The molecule has 682 valence electrons.